The SMILES string of the molecule is CCCNC(C)c1ccc(Br)cc1-n1nc(C)cc1C. The largest absolute Gasteiger partial charge is 0.310 e. The van der Waals surface area contributed by atoms with Gasteiger partial charge in [0.1, 0.15) is 0 Å². The monoisotopic (exact) mass is 335 g/mol. The van der Waals surface area contributed by atoms with Gasteiger partial charge in [-0.2, -0.15) is 5.10 Å². The van der Waals surface area contributed by atoms with E-state index in [4.69, 9.17) is 0 Å². The average molecular weight is 336 g/mol. The molecule has 4 heteroatoms. The molecule has 2 rings (SSSR count). The van der Waals surface area contributed by atoms with Gasteiger partial charge >= 0.3 is 0 Å². The summed E-state index contributed by atoms with van der Waals surface area (Å²) in [4.78, 5) is 0. The van der Waals surface area contributed by atoms with Crippen LogP contribution in [0.15, 0.2) is 28.7 Å². The maximum absolute atomic E-state index is 4.61. The molecule has 1 heterocycles. The summed E-state index contributed by atoms with van der Waals surface area (Å²) in [6.45, 7) is 9.53. The number of benzene rings is 1. The maximum atomic E-state index is 4.61. The van der Waals surface area contributed by atoms with E-state index in [1.807, 2.05) is 11.6 Å². The van der Waals surface area contributed by atoms with Crippen molar-refractivity contribution in [1.29, 1.82) is 0 Å². The summed E-state index contributed by atoms with van der Waals surface area (Å²) in [6.07, 6.45) is 1.14. The molecule has 0 aliphatic rings. The number of halogens is 1. The topological polar surface area (TPSA) is 29.9 Å². The molecule has 3 nitrogen and oxygen atoms in total. The van der Waals surface area contributed by atoms with Gasteiger partial charge in [0, 0.05) is 16.2 Å². The minimum atomic E-state index is 0.307. The lowest BCUT2D eigenvalue weighted by Crippen LogP contribution is -2.21. The third-order valence-electron chi connectivity index (χ3n) is 3.40. The van der Waals surface area contributed by atoms with E-state index < -0.39 is 0 Å². The summed E-state index contributed by atoms with van der Waals surface area (Å²) >= 11 is 3.57. The van der Waals surface area contributed by atoms with Crippen molar-refractivity contribution in [3.63, 3.8) is 0 Å². The van der Waals surface area contributed by atoms with Gasteiger partial charge in [-0.05, 0) is 57.5 Å². The van der Waals surface area contributed by atoms with Crippen molar-refractivity contribution in [2.24, 2.45) is 0 Å². The zero-order valence-corrected chi connectivity index (χ0v) is 14.2. The second-order valence-electron chi connectivity index (χ2n) is 5.22. The van der Waals surface area contributed by atoms with Gasteiger partial charge in [0.2, 0.25) is 0 Å². The Balaban J connectivity index is 2.45. The fourth-order valence-corrected chi connectivity index (χ4v) is 2.76. The van der Waals surface area contributed by atoms with Crippen LogP contribution in [0.2, 0.25) is 0 Å². The van der Waals surface area contributed by atoms with Crippen LogP contribution >= 0.6 is 15.9 Å². The lowest BCUT2D eigenvalue weighted by atomic mass is 10.1. The first kappa shape index (κ1) is 15.3. The molecule has 0 saturated heterocycles. The molecule has 20 heavy (non-hydrogen) atoms. The lowest BCUT2D eigenvalue weighted by molar-refractivity contribution is 0.566. The number of nitrogens with one attached hydrogen (secondary N) is 1. The van der Waals surface area contributed by atoms with Gasteiger partial charge in [0.05, 0.1) is 11.4 Å². The Hall–Kier alpha value is -1.13. The highest BCUT2D eigenvalue weighted by Gasteiger charge is 2.14. The Morgan fingerprint density at radius 1 is 1.30 bits per heavy atom. The van der Waals surface area contributed by atoms with Crippen molar-refractivity contribution in [3.05, 3.63) is 45.7 Å². The van der Waals surface area contributed by atoms with Crippen molar-refractivity contribution >= 4 is 15.9 Å². The van der Waals surface area contributed by atoms with Crippen LogP contribution in [0.25, 0.3) is 5.69 Å². The highest BCUT2D eigenvalue weighted by Crippen LogP contribution is 2.26. The van der Waals surface area contributed by atoms with Gasteiger partial charge in [-0.1, -0.05) is 28.9 Å². The zero-order valence-electron chi connectivity index (χ0n) is 12.6. The number of rotatable bonds is 5. The van der Waals surface area contributed by atoms with Gasteiger partial charge < -0.3 is 5.32 Å². The molecule has 1 unspecified atom stereocenters. The highest BCUT2D eigenvalue weighted by atomic mass is 79.9. The van der Waals surface area contributed by atoms with Crippen LogP contribution in [0, 0.1) is 13.8 Å². The van der Waals surface area contributed by atoms with Gasteiger partial charge in [0.25, 0.3) is 0 Å². The van der Waals surface area contributed by atoms with Crippen LogP contribution in [0.4, 0.5) is 0 Å². The summed E-state index contributed by atoms with van der Waals surface area (Å²) in [7, 11) is 0. The van der Waals surface area contributed by atoms with E-state index in [0.717, 1.165) is 34.5 Å². The fraction of sp³-hybridized carbons (Fsp3) is 0.438. The summed E-state index contributed by atoms with van der Waals surface area (Å²) in [6, 6.07) is 8.81. The van der Waals surface area contributed by atoms with Crippen LogP contribution in [0.5, 0.6) is 0 Å². The van der Waals surface area contributed by atoms with Gasteiger partial charge in [0.15, 0.2) is 0 Å². The third-order valence-corrected chi connectivity index (χ3v) is 3.89. The molecule has 1 N–H and O–H groups in total. The molecule has 1 aromatic heterocycles. The van der Waals surface area contributed by atoms with Crippen molar-refractivity contribution < 1.29 is 0 Å². The minimum Gasteiger partial charge on any atom is -0.310 e. The second kappa shape index (κ2) is 6.55. The van der Waals surface area contributed by atoms with Crippen LogP contribution in [0.3, 0.4) is 0 Å². The predicted octanol–water partition coefficient (Wildman–Crippen LogP) is 4.31. The molecule has 0 aliphatic heterocycles. The smallest absolute Gasteiger partial charge is 0.0707 e. The first-order valence-corrected chi connectivity index (χ1v) is 7.88. The van der Waals surface area contributed by atoms with Crippen LogP contribution in [-0.2, 0) is 0 Å². The summed E-state index contributed by atoms with van der Waals surface area (Å²) in [5, 5.41) is 8.16. The molecule has 1 aromatic carbocycles. The van der Waals surface area contributed by atoms with Crippen LogP contribution in [-0.4, -0.2) is 16.3 Å². The van der Waals surface area contributed by atoms with Crippen molar-refractivity contribution in [1.82, 2.24) is 15.1 Å². The number of aromatic nitrogens is 2. The van der Waals surface area contributed by atoms with E-state index in [1.54, 1.807) is 0 Å². The number of nitrogens with zero attached hydrogens (tertiary/aromatic N) is 2. The van der Waals surface area contributed by atoms with E-state index in [9.17, 15) is 0 Å². The standard InChI is InChI=1S/C16H22BrN3/c1-5-8-18-13(4)15-7-6-14(17)10-16(15)20-12(3)9-11(2)19-20/h6-7,9-10,13,18H,5,8H2,1-4H3. The van der Waals surface area contributed by atoms with E-state index in [1.165, 1.54) is 5.56 Å². The Morgan fingerprint density at radius 3 is 2.65 bits per heavy atom. The normalized spacial score (nSPS) is 12.7. The quantitative estimate of drug-likeness (QED) is 0.882. The van der Waals surface area contributed by atoms with Crippen molar-refractivity contribution in [2.75, 3.05) is 6.54 Å². The molecule has 0 saturated carbocycles. The highest BCUT2D eigenvalue weighted by molar-refractivity contribution is 9.10. The maximum Gasteiger partial charge on any atom is 0.0707 e. The van der Waals surface area contributed by atoms with E-state index in [-0.39, 0.29) is 0 Å². The summed E-state index contributed by atoms with van der Waals surface area (Å²) < 4.78 is 3.10. The molecule has 0 spiro atoms. The molecule has 108 valence electrons. The number of hydrogen-bond donors (Lipinski definition) is 1. The molecule has 0 fully saturated rings. The molecular weight excluding hydrogens is 314 g/mol. The Kier molecular flexibility index (Phi) is 5.00. The van der Waals surface area contributed by atoms with Gasteiger partial charge in [-0.25, -0.2) is 4.68 Å². The first-order valence-electron chi connectivity index (χ1n) is 7.09. The Labute approximate surface area is 129 Å². The molecule has 1 atom stereocenters. The van der Waals surface area contributed by atoms with E-state index >= 15 is 0 Å². The fourth-order valence-electron chi connectivity index (χ4n) is 2.41. The predicted molar refractivity (Wildman–Crippen MR) is 87.4 cm³/mol. The molecule has 0 amide bonds. The lowest BCUT2D eigenvalue weighted by Gasteiger charge is -2.19. The third kappa shape index (κ3) is 3.30. The first-order chi connectivity index (χ1) is 9.52. The molecule has 0 aliphatic carbocycles. The van der Waals surface area contributed by atoms with Crippen molar-refractivity contribution in [3.8, 4) is 5.69 Å². The molecule has 0 bridgehead atoms. The minimum absolute atomic E-state index is 0.307. The number of hydrogen-bond acceptors (Lipinski definition) is 2. The Morgan fingerprint density at radius 2 is 2.05 bits per heavy atom. The van der Waals surface area contributed by atoms with Crippen LogP contribution < -0.4 is 5.32 Å². The zero-order chi connectivity index (χ0) is 14.7. The summed E-state index contributed by atoms with van der Waals surface area (Å²) in [5.74, 6) is 0. The van der Waals surface area contributed by atoms with Crippen molar-refractivity contribution in [2.45, 2.75) is 40.2 Å². The van der Waals surface area contributed by atoms with Crippen LogP contribution in [0.1, 0.15) is 43.3 Å². The average Bonchev–Trinajstić information content (AvgIpc) is 2.74. The molecular formula is C16H22BrN3. The van der Waals surface area contributed by atoms with Gasteiger partial charge in [-0.3, -0.25) is 0 Å². The Bertz CT molecular complexity index is 589. The number of aryl methyl sites for hydroxylation is 2. The van der Waals surface area contributed by atoms with E-state index in [0.29, 0.717) is 6.04 Å². The summed E-state index contributed by atoms with van der Waals surface area (Å²) in [5.41, 5.74) is 4.61. The molecule has 2 aromatic rings. The second-order valence-corrected chi connectivity index (χ2v) is 6.13. The van der Waals surface area contributed by atoms with Gasteiger partial charge in [-0.15, -0.1) is 0 Å². The van der Waals surface area contributed by atoms with E-state index in [2.05, 4.69) is 71.4 Å². The molecule has 0 radical (unpaired) electrons.